The molecule has 0 aromatic heterocycles. The number of para-hydroxylation sites is 1. The number of anilines is 1. The number of aliphatic hydroxyl groups is 1. The van der Waals surface area contributed by atoms with E-state index in [9.17, 15) is 14.7 Å². The fourth-order valence-electron chi connectivity index (χ4n) is 1.80. The van der Waals surface area contributed by atoms with E-state index in [2.05, 4.69) is 5.32 Å². The zero-order valence-corrected chi connectivity index (χ0v) is 12.4. The van der Waals surface area contributed by atoms with E-state index in [-0.39, 0.29) is 30.4 Å². The van der Waals surface area contributed by atoms with E-state index >= 15 is 0 Å². The highest BCUT2D eigenvalue weighted by Crippen LogP contribution is 2.19. The molecule has 1 unspecified atom stereocenters. The van der Waals surface area contributed by atoms with Crippen LogP contribution in [0.2, 0.25) is 0 Å². The lowest BCUT2D eigenvalue weighted by Crippen LogP contribution is -2.41. The zero-order chi connectivity index (χ0) is 15.3. The van der Waals surface area contributed by atoms with Crippen molar-refractivity contribution in [3.63, 3.8) is 0 Å². The summed E-state index contributed by atoms with van der Waals surface area (Å²) < 4.78 is 0. The summed E-state index contributed by atoms with van der Waals surface area (Å²) in [6.45, 7) is 5.18. The number of nitrogens with zero attached hydrogens (tertiary/aromatic N) is 1. The summed E-state index contributed by atoms with van der Waals surface area (Å²) in [6.07, 6.45) is 0. The van der Waals surface area contributed by atoms with E-state index in [1.54, 1.807) is 31.3 Å². The zero-order valence-electron chi connectivity index (χ0n) is 12.4. The number of aliphatic hydroxyl groups excluding tert-OH is 1. The van der Waals surface area contributed by atoms with Crippen LogP contribution in [0.25, 0.3) is 0 Å². The van der Waals surface area contributed by atoms with Gasteiger partial charge >= 0.3 is 0 Å². The minimum atomic E-state index is -0.307. The van der Waals surface area contributed by atoms with Crippen LogP contribution < -0.4 is 10.2 Å². The summed E-state index contributed by atoms with van der Waals surface area (Å²) in [6, 6.07) is 6.60. The number of rotatable bonds is 5. The molecule has 0 aliphatic heterocycles. The second-order valence-corrected chi connectivity index (χ2v) is 5.10. The Labute approximate surface area is 119 Å². The van der Waals surface area contributed by atoms with Gasteiger partial charge in [0.1, 0.15) is 0 Å². The van der Waals surface area contributed by atoms with Gasteiger partial charge in [0.2, 0.25) is 5.91 Å². The average molecular weight is 278 g/mol. The number of carbonyl (C=O) groups excluding carboxylic acids is 2. The highest BCUT2D eigenvalue weighted by Gasteiger charge is 2.20. The second kappa shape index (κ2) is 7.05. The summed E-state index contributed by atoms with van der Waals surface area (Å²) >= 11 is 0. The first kappa shape index (κ1) is 16.2. The molecule has 0 radical (unpaired) electrons. The number of hydrogen-bond donors (Lipinski definition) is 2. The van der Waals surface area contributed by atoms with Crippen LogP contribution in [0.5, 0.6) is 0 Å². The molecule has 5 nitrogen and oxygen atoms in total. The van der Waals surface area contributed by atoms with E-state index in [1.807, 2.05) is 13.8 Å². The van der Waals surface area contributed by atoms with Crippen molar-refractivity contribution in [3.05, 3.63) is 29.8 Å². The minimum Gasteiger partial charge on any atom is -0.394 e. The number of nitrogens with one attached hydrogen (secondary N) is 1. The topological polar surface area (TPSA) is 69.6 Å². The Hall–Kier alpha value is -1.88. The fourth-order valence-corrected chi connectivity index (χ4v) is 1.80. The van der Waals surface area contributed by atoms with E-state index in [1.165, 1.54) is 11.8 Å². The molecule has 0 heterocycles. The van der Waals surface area contributed by atoms with Gasteiger partial charge in [-0.2, -0.15) is 0 Å². The molecule has 0 saturated carbocycles. The van der Waals surface area contributed by atoms with Gasteiger partial charge in [-0.3, -0.25) is 9.59 Å². The van der Waals surface area contributed by atoms with Crippen molar-refractivity contribution in [2.45, 2.75) is 26.8 Å². The molecular formula is C15H22N2O3. The third kappa shape index (κ3) is 3.81. The average Bonchev–Trinajstić information content (AvgIpc) is 2.43. The molecule has 5 heteroatoms. The summed E-state index contributed by atoms with van der Waals surface area (Å²) in [7, 11) is 1.63. The van der Waals surface area contributed by atoms with Gasteiger partial charge in [-0.25, -0.2) is 0 Å². The molecule has 0 saturated heterocycles. The van der Waals surface area contributed by atoms with Crippen molar-refractivity contribution >= 4 is 17.5 Å². The molecule has 0 spiro atoms. The van der Waals surface area contributed by atoms with Crippen LogP contribution in [0.4, 0.5) is 5.69 Å². The Balaban J connectivity index is 3.01. The standard InChI is InChI=1S/C15H22N2O3/c1-10(2)13(9-18)16-15(20)12-7-5-6-8-14(12)17(4)11(3)19/h5-8,10,13,18H,9H2,1-4H3,(H,16,20). The van der Waals surface area contributed by atoms with Crippen LogP contribution in [0, 0.1) is 5.92 Å². The molecule has 2 amide bonds. The van der Waals surface area contributed by atoms with Crippen molar-refractivity contribution in [3.8, 4) is 0 Å². The van der Waals surface area contributed by atoms with Crippen molar-refractivity contribution in [1.82, 2.24) is 5.32 Å². The number of amides is 2. The highest BCUT2D eigenvalue weighted by molar-refractivity contribution is 6.04. The van der Waals surface area contributed by atoms with E-state index < -0.39 is 0 Å². The number of benzene rings is 1. The maximum Gasteiger partial charge on any atom is 0.253 e. The maximum atomic E-state index is 12.3. The van der Waals surface area contributed by atoms with Crippen molar-refractivity contribution in [2.24, 2.45) is 5.92 Å². The van der Waals surface area contributed by atoms with E-state index in [0.29, 0.717) is 11.3 Å². The number of carbonyl (C=O) groups is 2. The molecule has 110 valence electrons. The van der Waals surface area contributed by atoms with Crippen LogP contribution in [0.1, 0.15) is 31.1 Å². The molecule has 20 heavy (non-hydrogen) atoms. The second-order valence-electron chi connectivity index (χ2n) is 5.10. The fraction of sp³-hybridized carbons (Fsp3) is 0.467. The lowest BCUT2D eigenvalue weighted by molar-refractivity contribution is -0.116. The Morgan fingerprint density at radius 2 is 1.90 bits per heavy atom. The summed E-state index contributed by atoms with van der Waals surface area (Å²) in [5, 5.41) is 12.1. The van der Waals surface area contributed by atoms with Crippen LogP contribution in [-0.4, -0.2) is 36.6 Å². The van der Waals surface area contributed by atoms with Gasteiger partial charge in [0.15, 0.2) is 0 Å². The van der Waals surface area contributed by atoms with E-state index in [0.717, 1.165) is 0 Å². The highest BCUT2D eigenvalue weighted by atomic mass is 16.3. The molecule has 1 aromatic carbocycles. The SMILES string of the molecule is CC(=O)N(C)c1ccccc1C(=O)NC(CO)C(C)C. The van der Waals surface area contributed by atoms with Gasteiger partial charge in [0.05, 0.1) is 23.9 Å². The Morgan fingerprint density at radius 1 is 1.30 bits per heavy atom. The molecule has 0 aliphatic carbocycles. The van der Waals surface area contributed by atoms with Crippen molar-refractivity contribution in [2.75, 3.05) is 18.6 Å². The van der Waals surface area contributed by atoms with Gasteiger partial charge in [-0.1, -0.05) is 26.0 Å². The predicted molar refractivity (Wildman–Crippen MR) is 78.7 cm³/mol. The lowest BCUT2D eigenvalue weighted by Gasteiger charge is -2.23. The summed E-state index contributed by atoms with van der Waals surface area (Å²) in [5.41, 5.74) is 0.974. The van der Waals surface area contributed by atoms with E-state index in [4.69, 9.17) is 0 Å². The van der Waals surface area contributed by atoms with Crippen molar-refractivity contribution in [1.29, 1.82) is 0 Å². The normalized spacial score (nSPS) is 12.1. The van der Waals surface area contributed by atoms with Gasteiger partial charge in [0, 0.05) is 14.0 Å². The van der Waals surface area contributed by atoms with Gasteiger partial charge in [0.25, 0.3) is 5.91 Å². The largest absolute Gasteiger partial charge is 0.394 e. The summed E-state index contributed by atoms with van der Waals surface area (Å²) in [5.74, 6) is -0.309. The van der Waals surface area contributed by atoms with Crippen LogP contribution in [0.3, 0.4) is 0 Å². The summed E-state index contributed by atoms with van der Waals surface area (Å²) in [4.78, 5) is 25.2. The molecule has 1 atom stereocenters. The Kier molecular flexibility index (Phi) is 5.70. The lowest BCUT2D eigenvalue weighted by atomic mass is 10.0. The third-order valence-electron chi connectivity index (χ3n) is 3.30. The van der Waals surface area contributed by atoms with Gasteiger partial charge in [-0.05, 0) is 18.1 Å². The first-order valence-corrected chi connectivity index (χ1v) is 6.63. The van der Waals surface area contributed by atoms with Crippen LogP contribution in [-0.2, 0) is 4.79 Å². The molecular weight excluding hydrogens is 256 g/mol. The smallest absolute Gasteiger partial charge is 0.253 e. The molecule has 0 fully saturated rings. The first-order valence-electron chi connectivity index (χ1n) is 6.63. The van der Waals surface area contributed by atoms with Crippen LogP contribution >= 0.6 is 0 Å². The van der Waals surface area contributed by atoms with Gasteiger partial charge in [-0.15, -0.1) is 0 Å². The third-order valence-corrected chi connectivity index (χ3v) is 3.30. The molecule has 0 aliphatic rings. The predicted octanol–water partition coefficient (Wildman–Crippen LogP) is 1.42. The quantitative estimate of drug-likeness (QED) is 0.855. The monoisotopic (exact) mass is 278 g/mol. The first-order chi connectivity index (χ1) is 9.38. The Bertz CT molecular complexity index is 486. The minimum absolute atomic E-state index is 0.117. The molecule has 1 rings (SSSR count). The maximum absolute atomic E-state index is 12.3. The van der Waals surface area contributed by atoms with Crippen LogP contribution in [0.15, 0.2) is 24.3 Å². The van der Waals surface area contributed by atoms with Crippen molar-refractivity contribution < 1.29 is 14.7 Å². The number of hydrogen-bond acceptors (Lipinski definition) is 3. The Morgan fingerprint density at radius 3 is 2.40 bits per heavy atom. The molecule has 2 N–H and O–H groups in total. The molecule has 1 aromatic rings. The molecule has 0 bridgehead atoms. The van der Waals surface area contributed by atoms with Gasteiger partial charge < -0.3 is 15.3 Å².